The van der Waals surface area contributed by atoms with E-state index in [2.05, 4.69) is 6.58 Å². The topological polar surface area (TPSA) is 121 Å². The van der Waals surface area contributed by atoms with Gasteiger partial charge in [-0.25, -0.2) is 0 Å². The summed E-state index contributed by atoms with van der Waals surface area (Å²) in [4.78, 5) is 0. The summed E-state index contributed by atoms with van der Waals surface area (Å²) in [6.07, 6.45) is -2.81. The molecular weight excluding hydrogens is 336 g/mol. The van der Waals surface area contributed by atoms with Crippen molar-refractivity contribution in [1.82, 2.24) is 0 Å². The third-order valence-corrected chi connectivity index (χ3v) is 8.75. The first-order valence-electron chi connectivity index (χ1n) is 9.66. The molecule has 6 nitrogen and oxygen atoms in total. The minimum atomic E-state index is -1.57. The standard InChI is InChI=1S/C20H32O6/c1-9-10-5-12(21)15-16(24)19(10,8-18(15,4)25)7-14(23)20(26)11(9)6-13(22)17(20,2)3/h10-16,21-26H,1,5-8H2,2-4H3/t10-,11-,12+,13-,14+,15+,16-,18+,19-,20-/m0/s1. The molecule has 6 N–H and O–H groups in total. The van der Waals surface area contributed by atoms with Crippen molar-refractivity contribution < 1.29 is 30.6 Å². The Kier molecular flexibility index (Phi) is 3.70. The molecule has 4 fully saturated rings. The minimum absolute atomic E-state index is 0.111. The molecule has 0 aliphatic heterocycles. The molecule has 2 bridgehead atoms. The lowest BCUT2D eigenvalue weighted by Crippen LogP contribution is -2.57. The maximum absolute atomic E-state index is 11.6. The molecule has 6 heteroatoms. The van der Waals surface area contributed by atoms with E-state index in [1.165, 1.54) is 0 Å². The van der Waals surface area contributed by atoms with Crippen molar-refractivity contribution in [3.8, 4) is 0 Å². The lowest BCUT2D eigenvalue weighted by molar-refractivity contribution is -0.176. The van der Waals surface area contributed by atoms with Crippen molar-refractivity contribution in [1.29, 1.82) is 0 Å². The SMILES string of the molecule is C=C1[C@@H]2C[C@@H](O)[C@@H]3[C@H](O)[C@@]2(C[C@@H](O)[C@@]2(O)[C@H]1C[C@H](O)C2(C)C)C[C@@]3(C)O. The first-order chi connectivity index (χ1) is 11.8. The Morgan fingerprint density at radius 2 is 1.54 bits per heavy atom. The highest BCUT2D eigenvalue weighted by molar-refractivity contribution is 5.32. The third-order valence-electron chi connectivity index (χ3n) is 8.75. The summed E-state index contributed by atoms with van der Waals surface area (Å²) in [6, 6.07) is 0. The number of hydrogen-bond donors (Lipinski definition) is 6. The van der Waals surface area contributed by atoms with E-state index in [1.807, 2.05) is 0 Å². The highest BCUT2D eigenvalue weighted by atomic mass is 16.4. The minimum Gasteiger partial charge on any atom is -0.393 e. The predicted molar refractivity (Wildman–Crippen MR) is 93.9 cm³/mol. The van der Waals surface area contributed by atoms with Crippen LogP contribution in [0.2, 0.25) is 0 Å². The molecule has 0 aromatic rings. The summed E-state index contributed by atoms with van der Waals surface area (Å²) in [7, 11) is 0. The molecule has 0 aromatic heterocycles. The van der Waals surface area contributed by atoms with Crippen molar-refractivity contribution in [2.75, 3.05) is 0 Å². The first kappa shape index (κ1) is 18.8. The van der Waals surface area contributed by atoms with Gasteiger partial charge in [0, 0.05) is 22.7 Å². The van der Waals surface area contributed by atoms with Crippen LogP contribution < -0.4 is 0 Å². The average Bonchev–Trinajstić information content (AvgIpc) is 2.76. The summed E-state index contributed by atoms with van der Waals surface area (Å²) >= 11 is 0. The molecule has 4 rings (SSSR count). The van der Waals surface area contributed by atoms with Gasteiger partial charge in [0.1, 0.15) is 5.60 Å². The predicted octanol–water partition coefficient (Wildman–Crippen LogP) is -0.0557. The van der Waals surface area contributed by atoms with Crippen LogP contribution in [0, 0.1) is 28.6 Å². The van der Waals surface area contributed by atoms with Gasteiger partial charge in [0.15, 0.2) is 0 Å². The summed E-state index contributed by atoms with van der Waals surface area (Å²) in [5.41, 5.74) is -3.91. The highest BCUT2D eigenvalue weighted by Gasteiger charge is 2.73. The zero-order valence-corrected chi connectivity index (χ0v) is 15.8. The molecule has 4 aliphatic carbocycles. The van der Waals surface area contributed by atoms with Crippen LogP contribution in [0.25, 0.3) is 0 Å². The summed E-state index contributed by atoms with van der Waals surface area (Å²) in [5.74, 6) is -1.52. The van der Waals surface area contributed by atoms with E-state index in [0.717, 1.165) is 0 Å². The van der Waals surface area contributed by atoms with Crippen molar-refractivity contribution in [2.24, 2.45) is 28.6 Å². The Morgan fingerprint density at radius 1 is 0.923 bits per heavy atom. The Morgan fingerprint density at radius 3 is 2.15 bits per heavy atom. The second kappa shape index (κ2) is 5.10. The van der Waals surface area contributed by atoms with Gasteiger partial charge in [0.25, 0.3) is 0 Å². The maximum Gasteiger partial charge on any atom is 0.105 e. The number of aliphatic hydroxyl groups is 6. The van der Waals surface area contributed by atoms with Crippen LogP contribution in [0.3, 0.4) is 0 Å². The summed E-state index contributed by atoms with van der Waals surface area (Å²) in [6.45, 7) is 9.35. The normalized spacial score (nSPS) is 61.1. The van der Waals surface area contributed by atoms with E-state index < -0.39 is 58.3 Å². The van der Waals surface area contributed by atoms with Gasteiger partial charge in [-0.05, 0) is 38.5 Å². The Labute approximate surface area is 154 Å². The maximum atomic E-state index is 11.6. The Balaban J connectivity index is 1.87. The molecule has 26 heavy (non-hydrogen) atoms. The van der Waals surface area contributed by atoms with Crippen molar-refractivity contribution in [3.05, 3.63) is 12.2 Å². The monoisotopic (exact) mass is 368 g/mol. The number of rotatable bonds is 0. The van der Waals surface area contributed by atoms with Crippen LogP contribution in [-0.4, -0.2) is 66.3 Å². The molecule has 1 spiro atoms. The van der Waals surface area contributed by atoms with Gasteiger partial charge in [-0.15, -0.1) is 0 Å². The fourth-order valence-corrected chi connectivity index (χ4v) is 7.29. The molecule has 0 heterocycles. The van der Waals surface area contributed by atoms with Gasteiger partial charge in [0.2, 0.25) is 0 Å². The fraction of sp³-hybridized carbons (Fsp3) is 0.900. The van der Waals surface area contributed by atoms with Crippen LogP contribution in [0.5, 0.6) is 0 Å². The molecule has 148 valence electrons. The molecular formula is C20H32O6. The number of hydrogen-bond acceptors (Lipinski definition) is 6. The zero-order chi connectivity index (χ0) is 19.4. The van der Waals surface area contributed by atoms with E-state index in [1.54, 1.807) is 20.8 Å². The number of aliphatic hydroxyl groups excluding tert-OH is 4. The van der Waals surface area contributed by atoms with Crippen LogP contribution in [-0.2, 0) is 0 Å². The molecule has 0 amide bonds. The summed E-state index contributed by atoms with van der Waals surface area (Å²) < 4.78 is 0. The molecule has 4 saturated carbocycles. The molecule has 10 atom stereocenters. The molecule has 0 radical (unpaired) electrons. The number of fused-ring (bicyclic) bond motifs is 2. The van der Waals surface area contributed by atoms with Crippen LogP contribution in [0.1, 0.15) is 46.5 Å². The van der Waals surface area contributed by atoms with Gasteiger partial charge in [0.05, 0.1) is 30.0 Å². The highest BCUT2D eigenvalue weighted by Crippen LogP contribution is 2.68. The summed E-state index contributed by atoms with van der Waals surface area (Å²) in [5, 5.41) is 65.9. The third kappa shape index (κ3) is 1.88. The van der Waals surface area contributed by atoms with Gasteiger partial charge in [-0.2, -0.15) is 0 Å². The fourth-order valence-electron chi connectivity index (χ4n) is 7.29. The molecule has 0 unspecified atom stereocenters. The first-order valence-corrected chi connectivity index (χ1v) is 9.66. The van der Waals surface area contributed by atoms with Gasteiger partial charge < -0.3 is 30.6 Å². The quantitative estimate of drug-likeness (QED) is 0.333. The molecule has 4 aliphatic rings. The van der Waals surface area contributed by atoms with E-state index in [-0.39, 0.29) is 25.2 Å². The van der Waals surface area contributed by atoms with Gasteiger partial charge in [-0.1, -0.05) is 26.0 Å². The van der Waals surface area contributed by atoms with E-state index in [9.17, 15) is 30.6 Å². The second-order valence-corrected chi connectivity index (χ2v) is 10.2. The van der Waals surface area contributed by atoms with Gasteiger partial charge >= 0.3 is 0 Å². The molecule has 0 aromatic carbocycles. The van der Waals surface area contributed by atoms with Crippen molar-refractivity contribution in [2.45, 2.75) is 82.1 Å². The second-order valence-electron chi connectivity index (χ2n) is 10.2. The Bertz CT molecular complexity index is 644. The average molecular weight is 368 g/mol. The van der Waals surface area contributed by atoms with Crippen molar-refractivity contribution in [3.63, 3.8) is 0 Å². The lowest BCUT2D eigenvalue weighted by Gasteiger charge is -2.47. The zero-order valence-electron chi connectivity index (χ0n) is 15.8. The van der Waals surface area contributed by atoms with Crippen LogP contribution >= 0.6 is 0 Å². The van der Waals surface area contributed by atoms with Crippen LogP contribution in [0.15, 0.2) is 12.2 Å². The van der Waals surface area contributed by atoms with E-state index in [0.29, 0.717) is 12.0 Å². The lowest BCUT2D eigenvalue weighted by atomic mass is 9.60. The van der Waals surface area contributed by atoms with E-state index >= 15 is 0 Å². The smallest absolute Gasteiger partial charge is 0.105 e. The van der Waals surface area contributed by atoms with Gasteiger partial charge in [-0.3, -0.25) is 0 Å². The van der Waals surface area contributed by atoms with Crippen molar-refractivity contribution >= 4 is 0 Å². The van der Waals surface area contributed by atoms with E-state index in [4.69, 9.17) is 0 Å². The Hall–Kier alpha value is -0.500. The largest absolute Gasteiger partial charge is 0.393 e. The molecule has 0 saturated heterocycles. The van der Waals surface area contributed by atoms with Crippen LogP contribution in [0.4, 0.5) is 0 Å².